The average molecular weight is 535 g/mol. The van der Waals surface area contributed by atoms with Gasteiger partial charge in [0.25, 0.3) is 11.8 Å². The molecule has 38 heavy (non-hydrogen) atoms. The summed E-state index contributed by atoms with van der Waals surface area (Å²) in [5.41, 5.74) is 0. The number of nitrogens with one attached hydrogen (secondary N) is 2. The topological polar surface area (TPSA) is 151 Å². The second kappa shape index (κ2) is 16.2. The lowest BCUT2D eigenvalue weighted by molar-refractivity contribution is -0.156. The molecule has 0 aromatic carbocycles. The van der Waals surface area contributed by atoms with Gasteiger partial charge in [-0.2, -0.15) is 0 Å². The Hall–Kier alpha value is -3.70. The Morgan fingerprint density at radius 1 is 0.711 bits per heavy atom. The summed E-state index contributed by atoms with van der Waals surface area (Å²) in [5, 5.41) is 5.02. The first-order chi connectivity index (χ1) is 18.3. The van der Waals surface area contributed by atoms with E-state index in [4.69, 9.17) is 9.47 Å². The van der Waals surface area contributed by atoms with Crippen molar-refractivity contribution in [1.82, 2.24) is 20.4 Å². The Bertz CT molecular complexity index is 834. The SMILES string of the molecule is C=CCNC(=O)COC(=O)C1CCCN1C(=O)CCCCC(=O)N1CCC[C@@H]1C(=O)OCC(=O)NCC=C. The van der Waals surface area contributed by atoms with Crippen LogP contribution in [0.5, 0.6) is 0 Å². The number of hydrogen-bond donors (Lipinski definition) is 2. The Labute approximate surface area is 222 Å². The lowest BCUT2D eigenvalue weighted by atomic mass is 10.1. The zero-order valence-corrected chi connectivity index (χ0v) is 21.8. The van der Waals surface area contributed by atoms with Crippen molar-refractivity contribution < 1.29 is 38.2 Å². The second-order valence-electron chi connectivity index (χ2n) is 9.10. The summed E-state index contributed by atoms with van der Waals surface area (Å²) in [6.45, 7) is 7.55. The van der Waals surface area contributed by atoms with E-state index >= 15 is 0 Å². The standard InChI is InChI=1S/C26H38N4O8/c1-3-13-27-21(31)17-37-25(35)19-9-7-15-29(19)23(33)11-5-6-12-24(34)30-16-8-10-20(30)26(36)38-18-22(32)28-14-4-2/h3-4,19-20H,1-2,5-18H2,(H,27,31)(H,28,32)/t19-,20?/m1/s1. The monoisotopic (exact) mass is 534 g/mol. The van der Waals surface area contributed by atoms with Gasteiger partial charge in [0.2, 0.25) is 11.8 Å². The normalized spacial score (nSPS) is 18.4. The number of unbranched alkanes of at least 4 members (excludes halogenated alkanes) is 1. The molecular formula is C26H38N4O8. The fourth-order valence-electron chi connectivity index (χ4n) is 4.40. The van der Waals surface area contributed by atoms with Gasteiger partial charge >= 0.3 is 11.9 Å². The highest BCUT2D eigenvalue weighted by molar-refractivity contribution is 5.88. The van der Waals surface area contributed by atoms with E-state index in [1.165, 1.54) is 22.0 Å². The molecule has 2 aliphatic rings. The van der Waals surface area contributed by atoms with Crippen LogP contribution in [0.15, 0.2) is 25.3 Å². The summed E-state index contributed by atoms with van der Waals surface area (Å²) < 4.78 is 10.1. The van der Waals surface area contributed by atoms with Gasteiger partial charge < -0.3 is 29.9 Å². The number of hydrogen-bond acceptors (Lipinski definition) is 8. The van der Waals surface area contributed by atoms with Gasteiger partial charge in [0, 0.05) is 39.0 Å². The van der Waals surface area contributed by atoms with Crippen molar-refractivity contribution in [3.8, 4) is 0 Å². The highest BCUT2D eigenvalue weighted by atomic mass is 16.5. The van der Waals surface area contributed by atoms with Crippen molar-refractivity contribution in [3.05, 3.63) is 25.3 Å². The molecule has 0 aromatic heterocycles. The second-order valence-corrected chi connectivity index (χ2v) is 9.10. The van der Waals surface area contributed by atoms with Crippen LogP contribution in [-0.2, 0) is 38.2 Å². The number of ether oxygens (including phenoxy) is 2. The number of rotatable bonds is 15. The van der Waals surface area contributed by atoms with E-state index in [0.29, 0.717) is 51.6 Å². The molecule has 0 spiro atoms. The largest absolute Gasteiger partial charge is 0.454 e. The van der Waals surface area contributed by atoms with Gasteiger partial charge in [0.15, 0.2) is 13.2 Å². The van der Waals surface area contributed by atoms with Crippen LogP contribution < -0.4 is 10.6 Å². The molecule has 2 saturated heterocycles. The minimum Gasteiger partial charge on any atom is -0.454 e. The van der Waals surface area contributed by atoms with Crippen molar-refractivity contribution in [2.75, 3.05) is 39.4 Å². The Morgan fingerprint density at radius 3 is 1.47 bits per heavy atom. The van der Waals surface area contributed by atoms with E-state index in [-0.39, 0.29) is 37.7 Å². The van der Waals surface area contributed by atoms with E-state index in [0.717, 1.165) is 0 Å². The summed E-state index contributed by atoms with van der Waals surface area (Å²) in [7, 11) is 0. The molecule has 2 heterocycles. The van der Waals surface area contributed by atoms with E-state index in [1.54, 1.807) is 0 Å². The Morgan fingerprint density at radius 2 is 1.11 bits per heavy atom. The molecule has 4 amide bonds. The van der Waals surface area contributed by atoms with Crippen molar-refractivity contribution in [2.45, 2.75) is 63.5 Å². The average Bonchev–Trinajstić information content (AvgIpc) is 3.60. The maximum absolute atomic E-state index is 12.7. The molecule has 0 radical (unpaired) electrons. The summed E-state index contributed by atoms with van der Waals surface area (Å²) in [6, 6.07) is -1.43. The van der Waals surface area contributed by atoms with Gasteiger partial charge in [0.05, 0.1) is 0 Å². The third-order valence-corrected chi connectivity index (χ3v) is 6.30. The van der Waals surface area contributed by atoms with Gasteiger partial charge in [0.1, 0.15) is 12.1 Å². The number of carbonyl (C=O) groups excluding carboxylic acids is 6. The molecule has 12 heteroatoms. The predicted molar refractivity (Wildman–Crippen MR) is 136 cm³/mol. The molecule has 0 saturated carbocycles. The molecule has 2 fully saturated rings. The van der Waals surface area contributed by atoms with Crippen molar-refractivity contribution in [3.63, 3.8) is 0 Å². The van der Waals surface area contributed by atoms with E-state index in [9.17, 15) is 28.8 Å². The number of esters is 2. The zero-order valence-electron chi connectivity index (χ0n) is 21.8. The van der Waals surface area contributed by atoms with Crippen LogP contribution in [0, 0.1) is 0 Å². The van der Waals surface area contributed by atoms with E-state index in [2.05, 4.69) is 23.8 Å². The first-order valence-electron chi connectivity index (χ1n) is 13.0. The molecule has 210 valence electrons. The highest BCUT2D eigenvalue weighted by Gasteiger charge is 2.36. The fraction of sp³-hybridized carbons (Fsp3) is 0.615. The first kappa shape index (κ1) is 30.5. The van der Waals surface area contributed by atoms with Gasteiger partial charge in [-0.1, -0.05) is 12.2 Å². The van der Waals surface area contributed by atoms with E-state index in [1.807, 2.05) is 0 Å². The van der Waals surface area contributed by atoms with Crippen LogP contribution in [0.1, 0.15) is 51.4 Å². The third kappa shape index (κ3) is 9.64. The van der Waals surface area contributed by atoms with Crippen molar-refractivity contribution >= 4 is 35.6 Å². The fourth-order valence-corrected chi connectivity index (χ4v) is 4.40. The zero-order chi connectivity index (χ0) is 27.9. The highest BCUT2D eigenvalue weighted by Crippen LogP contribution is 2.22. The van der Waals surface area contributed by atoms with Crippen LogP contribution in [0.4, 0.5) is 0 Å². The van der Waals surface area contributed by atoms with Gasteiger partial charge in [-0.15, -0.1) is 13.2 Å². The molecule has 0 bridgehead atoms. The smallest absolute Gasteiger partial charge is 0.329 e. The van der Waals surface area contributed by atoms with E-state index < -0.39 is 49.1 Å². The maximum atomic E-state index is 12.7. The summed E-state index contributed by atoms with van der Waals surface area (Å²) in [6.07, 6.45) is 6.51. The Kier molecular flexibility index (Phi) is 13.0. The first-order valence-corrected chi connectivity index (χ1v) is 13.0. The third-order valence-electron chi connectivity index (χ3n) is 6.30. The predicted octanol–water partition coefficient (Wildman–Crippen LogP) is 0.220. The molecule has 1 unspecified atom stereocenters. The van der Waals surface area contributed by atoms with Crippen molar-refractivity contribution in [2.24, 2.45) is 0 Å². The molecule has 0 aromatic rings. The molecule has 2 rings (SSSR count). The molecule has 2 aliphatic heterocycles. The quantitative estimate of drug-likeness (QED) is 0.172. The van der Waals surface area contributed by atoms with Crippen LogP contribution in [0.3, 0.4) is 0 Å². The lowest BCUT2D eigenvalue weighted by Crippen LogP contribution is -2.42. The van der Waals surface area contributed by atoms with Crippen LogP contribution in [0.25, 0.3) is 0 Å². The molecular weight excluding hydrogens is 496 g/mol. The van der Waals surface area contributed by atoms with Crippen LogP contribution >= 0.6 is 0 Å². The number of amides is 4. The molecule has 12 nitrogen and oxygen atoms in total. The minimum absolute atomic E-state index is 0.169. The number of likely N-dealkylation sites (tertiary alicyclic amines) is 2. The number of nitrogens with zero attached hydrogens (tertiary/aromatic N) is 2. The molecule has 2 atom stereocenters. The van der Waals surface area contributed by atoms with Gasteiger partial charge in [-0.3, -0.25) is 19.2 Å². The minimum atomic E-state index is -0.716. The lowest BCUT2D eigenvalue weighted by Gasteiger charge is -2.24. The summed E-state index contributed by atoms with van der Waals surface area (Å²) in [5.74, 6) is -2.51. The van der Waals surface area contributed by atoms with Crippen molar-refractivity contribution in [1.29, 1.82) is 0 Å². The Balaban J connectivity index is 1.71. The number of carbonyl (C=O) groups is 6. The summed E-state index contributed by atoms with van der Waals surface area (Å²) >= 11 is 0. The van der Waals surface area contributed by atoms with Crippen LogP contribution in [0.2, 0.25) is 0 Å². The molecule has 2 N–H and O–H groups in total. The van der Waals surface area contributed by atoms with Crippen LogP contribution in [-0.4, -0.2) is 96.8 Å². The maximum Gasteiger partial charge on any atom is 0.329 e. The van der Waals surface area contributed by atoms with Gasteiger partial charge in [-0.05, 0) is 38.5 Å². The summed E-state index contributed by atoms with van der Waals surface area (Å²) in [4.78, 5) is 76.4. The molecule has 0 aliphatic carbocycles. The van der Waals surface area contributed by atoms with Gasteiger partial charge in [-0.25, -0.2) is 9.59 Å².